The fourth-order valence-electron chi connectivity index (χ4n) is 2.11. The number of hydrogen-bond donors (Lipinski definition) is 1. The molecule has 0 unspecified atom stereocenters. The van der Waals surface area contributed by atoms with Crippen molar-refractivity contribution in [3.63, 3.8) is 0 Å². The second-order valence-electron chi connectivity index (χ2n) is 5.25. The molecule has 0 bridgehead atoms. The average molecular weight is 221 g/mol. The molecule has 0 fully saturated rings. The lowest BCUT2D eigenvalue weighted by molar-refractivity contribution is 0.556. The molecule has 0 aromatic rings. The third kappa shape index (κ3) is 5.50. The fraction of sp³-hybridized carbons (Fsp3) is 0.733. The molecular weight excluding hydrogens is 194 g/mol. The Morgan fingerprint density at radius 2 is 2.25 bits per heavy atom. The zero-order chi connectivity index (χ0) is 11.8. The van der Waals surface area contributed by atoms with Gasteiger partial charge in [0.2, 0.25) is 0 Å². The van der Waals surface area contributed by atoms with E-state index in [0.29, 0.717) is 0 Å². The van der Waals surface area contributed by atoms with Crippen molar-refractivity contribution in [2.75, 3.05) is 13.1 Å². The van der Waals surface area contributed by atoms with Gasteiger partial charge in [-0.25, -0.2) is 0 Å². The highest BCUT2D eigenvalue weighted by Gasteiger charge is 2.04. The monoisotopic (exact) mass is 221 g/mol. The Morgan fingerprint density at radius 3 is 2.88 bits per heavy atom. The van der Waals surface area contributed by atoms with Gasteiger partial charge in [-0.15, -0.1) is 0 Å². The van der Waals surface area contributed by atoms with E-state index in [0.717, 1.165) is 25.4 Å². The second kappa shape index (κ2) is 7.67. The Hall–Kier alpha value is -0.560. The van der Waals surface area contributed by atoms with E-state index >= 15 is 0 Å². The lowest BCUT2D eigenvalue weighted by atomic mass is 9.94. The van der Waals surface area contributed by atoms with Crippen LogP contribution >= 0.6 is 0 Å². The topological polar surface area (TPSA) is 12.0 Å². The summed E-state index contributed by atoms with van der Waals surface area (Å²) in [7, 11) is 0. The summed E-state index contributed by atoms with van der Waals surface area (Å²) in [5.74, 6) is 0.756. The summed E-state index contributed by atoms with van der Waals surface area (Å²) in [6, 6.07) is 0. The molecule has 0 spiro atoms. The largest absolute Gasteiger partial charge is 0.316 e. The van der Waals surface area contributed by atoms with Crippen LogP contribution in [-0.4, -0.2) is 13.1 Å². The minimum Gasteiger partial charge on any atom is -0.316 e. The van der Waals surface area contributed by atoms with Crippen LogP contribution in [0.3, 0.4) is 0 Å². The molecule has 0 aromatic carbocycles. The van der Waals surface area contributed by atoms with E-state index in [-0.39, 0.29) is 0 Å². The normalized spacial score (nSPS) is 17.8. The quantitative estimate of drug-likeness (QED) is 0.667. The van der Waals surface area contributed by atoms with Crippen LogP contribution < -0.4 is 5.32 Å². The minimum absolute atomic E-state index is 0.756. The van der Waals surface area contributed by atoms with Gasteiger partial charge in [-0.2, -0.15) is 0 Å². The van der Waals surface area contributed by atoms with E-state index in [1.54, 1.807) is 5.57 Å². The molecule has 0 aliphatic heterocycles. The molecule has 0 saturated carbocycles. The lowest BCUT2D eigenvalue weighted by Crippen LogP contribution is -2.20. The fourth-order valence-corrected chi connectivity index (χ4v) is 2.11. The number of rotatable bonds is 6. The van der Waals surface area contributed by atoms with Crippen LogP contribution in [0.4, 0.5) is 0 Å². The molecule has 0 aromatic heterocycles. The maximum absolute atomic E-state index is 3.48. The third-order valence-electron chi connectivity index (χ3n) is 3.12. The summed E-state index contributed by atoms with van der Waals surface area (Å²) in [6.07, 6.45) is 11.3. The number of allylic oxidation sites excluding steroid dienone is 3. The summed E-state index contributed by atoms with van der Waals surface area (Å²) in [4.78, 5) is 0. The van der Waals surface area contributed by atoms with Crippen molar-refractivity contribution in [3.8, 4) is 0 Å². The summed E-state index contributed by atoms with van der Waals surface area (Å²) in [5, 5.41) is 3.48. The highest BCUT2D eigenvalue weighted by molar-refractivity contribution is 5.29. The standard InChI is InChI=1S/C15H27N/c1-13(2)12-16-11-7-8-14(3)15-9-5-4-6-10-15/h8-9,13,16H,4-7,10-12H2,1-3H3/b14-8-. The Morgan fingerprint density at radius 1 is 1.44 bits per heavy atom. The molecule has 0 amide bonds. The molecule has 0 atom stereocenters. The molecule has 0 saturated heterocycles. The number of hydrogen-bond acceptors (Lipinski definition) is 1. The van der Waals surface area contributed by atoms with Crippen LogP contribution in [0, 0.1) is 5.92 Å². The van der Waals surface area contributed by atoms with Gasteiger partial charge in [-0.3, -0.25) is 0 Å². The van der Waals surface area contributed by atoms with Gasteiger partial charge in [-0.05, 0) is 63.6 Å². The first-order chi connectivity index (χ1) is 7.70. The molecule has 1 N–H and O–H groups in total. The van der Waals surface area contributed by atoms with Crippen molar-refractivity contribution >= 4 is 0 Å². The predicted octanol–water partition coefficient (Wildman–Crippen LogP) is 4.07. The van der Waals surface area contributed by atoms with Crippen LogP contribution in [0.25, 0.3) is 0 Å². The van der Waals surface area contributed by atoms with Crippen LogP contribution in [0.15, 0.2) is 23.3 Å². The highest BCUT2D eigenvalue weighted by Crippen LogP contribution is 2.23. The molecule has 1 heteroatoms. The molecule has 0 heterocycles. The minimum atomic E-state index is 0.756. The summed E-state index contributed by atoms with van der Waals surface area (Å²) in [5.41, 5.74) is 3.10. The van der Waals surface area contributed by atoms with Gasteiger partial charge in [0.15, 0.2) is 0 Å². The van der Waals surface area contributed by atoms with Crippen molar-refractivity contribution in [2.24, 2.45) is 5.92 Å². The summed E-state index contributed by atoms with van der Waals surface area (Å²) in [6.45, 7) is 9.01. The van der Waals surface area contributed by atoms with Gasteiger partial charge in [-0.1, -0.05) is 31.6 Å². The molecular formula is C15H27N. The molecule has 1 rings (SSSR count). The zero-order valence-electron chi connectivity index (χ0n) is 11.2. The Balaban J connectivity index is 2.20. The maximum atomic E-state index is 3.48. The number of nitrogens with one attached hydrogen (secondary N) is 1. The summed E-state index contributed by atoms with van der Waals surface area (Å²) >= 11 is 0. The second-order valence-corrected chi connectivity index (χ2v) is 5.25. The van der Waals surface area contributed by atoms with Gasteiger partial charge in [0.25, 0.3) is 0 Å². The van der Waals surface area contributed by atoms with Crippen LogP contribution in [-0.2, 0) is 0 Å². The molecule has 0 radical (unpaired) electrons. The Labute approximate surface area is 101 Å². The van der Waals surface area contributed by atoms with Crippen molar-refractivity contribution in [1.29, 1.82) is 0 Å². The van der Waals surface area contributed by atoms with Crippen LogP contribution in [0.1, 0.15) is 52.9 Å². The molecule has 1 aliphatic rings. The van der Waals surface area contributed by atoms with Crippen molar-refractivity contribution in [3.05, 3.63) is 23.3 Å². The van der Waals surface area contributed by atoms with E-state index < -0.39 is 0 Å². The van der Waals surface area contributed by atoms with E-state index in [4.69, 9.17) is 0 Å². The van der Waals surface area contributed by atoms with Gasteiger partial charge < -0.3 is 5.32 Å². The predicted molar refractivity (Wildman–Crippen MR) is 72.6 cm³/mol. The molecule has 1 nitrogen and oxygen atoms in total. The Bertz CT molecular complexity index is 248. The zero-order valence-corrected chi connectivity index (χ0v) is 11.2. The van der Waals surface area contributed by atoms with Crippen LogP contribution in [0.2, 0.25) is 0 Å². The first-order valence-electron chi connectivity index (χ1n) is 6.77. The van der Waals surface area contributed by atoms with Crippen molar-refractivity contribution < 1.29 is 0 Å². The van der Waals surface area contributed by atoms with E-state index in [2.05, 4.69) is 38.2 Å². The van der Waals surface area contributed by atoms with Gasteiger partial charge in [0.1, 0.15) is 0 Å². The highest BCUT2D eigenvalue weighted by atomic mass is 14.8. The summed E-state index contributed by atoms with van der Waals surface area (Å²) < 4.78 is 0. The van der Waals surface area contributed by atoms with E-state index in [1.807, 2.05) is 0 Å². The SMILES string of the molecule is C/C(=C/CCNCC(C)C)C1=CCCCC1. The van der Waals surface area contributed by atoms with Crippen molar-refractivity contribution in [2.45, 2.75) is 52.9 Å². The van der Waals surface area contributed by atoms with Crippen molar-refractivity contribution in [1.82, 2.24) is 5.32 Å². The lowest BCUT2D eigenvalue weighted by Gasteiger charge is -2.13. The first-order valence-corrected chi connectivity index (χ1v) is 6.77. The molecule has 16 heavy (non-hydrogen) atoms. The average Bonchev–Trinajstić information content (AvgIpc) is 2.29. The molecule has 92 valence electrons. The third-order valence-corrected chi connectivity index (χ3v) is 3.12. The van der Waals surface area contributed by atoms with E-state index in [1.165, 1.54) is 31.3 Å². The first kappa shape index (κ1) is 13.5. The van der Waals surface area contributed by atoms with Gasteiger partial charge >= 0.3 is 0 Å². The van der Waals surface area contributed by atoms with Crippen LogP contribution in [0.5, 0.6) is 0 Å². The molecule has 1 aliphatic carbocycles. The Kier molecular flexibility index (Phi) is 6.47. The van der Waals surface area contributed by atoms with Gasteiger partial charge in [0, 0.05) is 0 Å². The maximum Gasteiger partial charge on any atom is -0.00139 e. The van der Waals surface area contributed by atoms with Gasteiger partial charge in [0.05, 0.1) is 0 Å². The van der Waals surface area contributed by atoms with E-state index in [9.17, 15) is 0 Å². The smallest absolute Gasteiger partial charge is 0.00139 e.